The molecule has 14 heteroatoms. The number of rotatable bonds is 18. The maximum absolute atomic E-state index is 12.5. The van der Waals surface area contributed by atoms with E-state index in [9.17, 15) is 33.9 Å². The van der Waals surface area contributed by atoms with E-state index in [0.29, 0.717) is 6.42 Å². The summed E-state index contributed by atoms with van der Waals surface area (Å²) in [5.74, 6) is -5.20. The third-order valence-electron chi connectivity index (χ3n) is 5.37. The highest BCUT2D eigenvalue weighted by Gasteiger charge is 2.30. The van der Waals surface area contributed by atoms with Gasteiger partial charge in [0.05, 0.1) is 6.04 Å². The van der Waals surface area contributed by atoms with Gasteiger partial charge in [-0.05, 0) is 39.5 Å². The molecule has 0 aromatic carbocycles. The zero-order valence-electron chi connectivity index (χ0n) is 20.9. The van der Waals surface area contributed by atoms with E-state index in [0.717, 1.165) is 19.3 Å². The van der Waals surface area contributed by atoms with Gasteiger partial charge in [0.25, 0.3) is 0 Å². The molecule has 0 saturated heterocycles. The quantitative estimate of drug-likeness (QED) is 0.111. The Morgan fingerprint density at radius 1 is 0.750 bits per heavy atom. The molecule has 0 aliphatic rings. The van der Waals surface area contributed by atoms with Gasteiger partial charge in [0.15, 0.2) is 0 Å². The van der Waals surface area contributed by atoms with Crippen molar-refractivity contribution in [3.05, 3.63) is 0 Å². The summed E-state index contributed by atoms with van der Waals surface area (Å²) in [7, 11) is 0. The minimum absolute atomic E-state index is 0.00131. The third-order valence-corrected chi connectivity index (χ3v) is 5.37. The Kier molecular flexibility index (Phi) is 15.5. The molecule has 0 rings (SSSR count). The second kappa shape index (κ2) is 17.1. The van der Waals surface area contributed by atoms with Crippen LogP contribution in [-0.2, 0) is 24.0 Å². The maximum Gasteiger partial charge on any atom is 0.328 e. The van der Waals surface area contributed by atoms with Gasteiger partial charge >= 0.3 is 23.9 Å². The van der Waals surface area contributed by atoms with Crippen LogP contribution in [0.3, 0.4) is 0 Å². The van der Waals surface area contributed by atoms with Gasteiger partial charge in [-0.2, -0.15) is 0 Å². The lowest BCUT2D eigenvalue weighted by atomic mass is 10.0. The van der Waals surface area contributed by atoms with Crippen molar-refractivity contribution in [1.29, 1.82) is 0 Å². The van der Waals surface area contributed by atoms with Gasteiger partial charge in [0.1, 0.15) is 24.2 Å². The van der Waals surface area contributed by atoms with Crippen molar-refractivity contribution >= 4 is 35.8 Å². The number of amides is 4. The zero-order valence-corrected chi connectivity index (χ0v) is 20.9. The molecular formula is C22H39N5O9. The van der Waals surface area contributed by atoms with E-state index >= 15 is 0 Å². The summed E-state index contributed by atoms with van der Waals surface area (Å²) in [5, 5.41) is 36.7. The van der Waals surface area contributed by atoms with Crippen molar-refractivity contribution in [2.75, 3.05) is 0 Å². The van der Waals surface area contributed by atoms with Gasteiger partial charge in [-0.15, -0.1) is 0 Å². The third kappa shape index (κ3) is 13.5. The van der Waals surface area contributed by atoms with Crippen molar-refractivity contribution < 1.29 is 44.1 Å². The van der Waals surface area contributed by atoms with E-state index in [2.05, 4.69) is 21.3 Å². The minimum atomic E-state index is -1.43. The maximum atomic E-state index is 12.5. The van der Waals surface area contributed by atoms with Crippen LogP contribution in [0.5, 0.6) is 0 Å². The van der Waals surface area contributed by atoms with Crippen LogP contribution in [0.4, 0.5) is 4.79 Å². The number of urea groups is 1. The van der Waals surface area contributed by atoms with E-state index in [-0.39, 0.29) is 25.7 Å². The lowest BCUT2D eigenvalue weighted by Crippen LogP contribution is -2.58. The number of aliphatic carboxylic acids is 3. The fraction of sp³-hybridized carbons (Fsp3) is 0.727. The average Bonchev–Trinajstić information content (AvgIpc) is 2.78. The fourth-order valence-corrected chi connectivity index (χ4v) is 3.16. The molecular weight excluding hydrogens is 478 g/mol. The molecule has 0 saturated carbocycles. The topological polar surface area (TPSA) is 237 Å². The SMILES string of the molecule is CCCCCCC(=O)N[C@@H](C(=O)O)[C@H](C)NC(=O)N[C@@H](CCC[C@@H](N)C(=O)O)C(=O)N[C@H](C)C(=O)O. The molecule has 0 spiro atoms. The smallest absolute Gasteiger partial charge is 0.328 e. The summed E-state index contributed by atoms with van der Waals surface area (Å²) in [5.41, 5.74) is 5.45. The number of carboxylic acids is 3. The Hall–Kier alpha value is -3.42. The van der Waals surface area contributed by atoms with Crippen LogP contribution in [0.25, 0.3) is 0 Å². The molecule has 206 valence electrons. The normalized spacial score (nSPS) is 14.9. The molecule has 5 atom stereocenters. The summed E-state index contributed by atoms with van der Waals surface area (Å²) >= 11 is 0. The van der Waals surface area contributed by atoms with E-state index in [4.69, 9.17) is 15.9 Å². The van der Waals surface area contributed by atoms with Crippen LogP contribution in [-0.4, -0.2) is 81.3 Å². The number of carbonyl (C=O) groups excluding carboxylic acids is 3. The highest BCUT2D eigenvalue weighted by atomic mass is 16.4. The largest absolute Gasteiger partial charge is 0.480 e. The summed E-state index contributed by atoms with van der Waals surface area (Å²) in [4.78, 5) is 70.7. The van der Waals surface area contributed by atoms with Crippen LogP contribution in [0.15, 0.2) is 0 Å². The first-order valence-electron chi connectivity index (χ1n) is 11.9. The Labute approximate surface area is 209 Å². The molecule has 0 radical (unpaired) electrons. The van der Waals surface area contributed by atoms with Gasteiger partial charge in [0, 0.05) is 6.42 Å². The molecule has 0 unspecified atom stereocenters. The van der Waals surface area contributed by atoms with Gasteiger partial charge < -0.3 is 42.3 Å². The predicted octanol–water partition coefficient (Wildman–Crippen LogP) is -0.246. The van der Waals surface area contributed by atoms with Gasteiger partial charge in [0.2, 0.25) is 11.8 Å². The Balaban J connectivity index is 5.14. The molecule has 4 amide bonds. The van der Waals surface area contributed by atoms with Crippen molar-refractivity contribution in [2.45, 2.75) is 102 Å². The van der Waals surface area contributed by atoms with E-state index < -0.39 is 66.0 Å². The zero-order chi connectivity index (χ0) is 27.8. The van der Waals surface area contributed by atoms with E-state index in [1.807, 2.05) is 6.92 Å². The van der Waals surface area contributed by atoms with Gasteiger partial charge in [-0.1, -0.05) is 26.2 Å². The van der Waals surface area contributed by atoms with Crippen LogP contribution in [0.2, 0.25) is 0 Å². The molecule has 9 N–H and O–H groups in total. The van der Waals surface area contributed by atoms with Gasteiger partial charge in [-0.3, -0.25) is 19.2 Å². The Bertz CT molecular complexity index is 777. The van der Waals surface area contributed by atoms with E-state index in [1.165, 1.54) is 13.8 Å². The van der Waals surface area contributed by atoms with Gasteiger partial charge in [-0.25, -0.2) is 9.59 Å². The Morgan fingerprint density at radius 2 is 1.39 bits per heavy atom. The molecule has 0 aliphatic heterocycles. The van der Waals surface area contributed by atoms with Crippen molar-refractivity contribution in [3.63, 3.8) is 0 Å². The number of hydrogen-bond donors (Lipinski definition) is 8. The number of carboxylic acid groups (broad SMARTS) is 3. The molecule has 0 aliphatic carbocycles. The molecule has 0 fully saturated rings. The molecule has 0 aromatic heterocycles. The first-order chi connectivity index (χ1) is 16.8. The summed E-state index contributed by atoms with van der Waals surface area (Å²) in [6.45, 7) is 4.61. The summed E-state index contributed by atoms with van der Waals surface area (Å²) < 4.78 is 0. The lowest BCUT2D eigenvalue weighted by Gasteiger charge is -2.25. The summed E-state index contributed by atoms with van der Waals surface area (Å²) in [6, 6.07) is -7.11. The van der Waals surface area contributed by atoms with E-state index in [1.54, 1.807) is 0 Å². The van der Waals surface area contributed by atoms with Crippen LogP contribution < -0.4 is 27.0 Å². The first kappa shape index (κ1) is 32.6. The Morgan fingerprint density at radius 3 is 1.92 bits per heavy atom. The standard InChI is InChI=1S/C22H39N5O9/c1-4-5-6-7-11-16(28)27-17(21(34)35)12(2)25-22(36)26-15(10-8-9-14(23)20(32)33)18(29)24-13(3)19(30)31/h12-15,17H,4-11,23H2,1-3H3,(H,24,29)(H,27,28)(H,30,31)(H,32,33)(H,34,35)(H2,25,26,36)/t12-,13+,14+,15-,17+/m0/s1. The lowest BCUT2D eigenvalue weighted by molar-refractivity contribution is -0.142. The first-order valence-corrected chi connectivity index (χ1v) is 11.9. The molecule has 0 aromatic rings. The number of unbranched alkanes of at least 4 members (excludes halogenated alkanes) is 3. The van der Waals surface area contributed by atoms with Crippen LogP contribution in [0, 0.1) is 0 Å². The second-order valence-corrected chi connectivity index (χ2v) is 8.60. The number of hydrogen-bond acceptors (Lipinski definition) is 7. The van der Waals surface area contributed by atoms with Crippen LogP contribution in [0.1, 0.15) is 72.1 Å². The average molecular weight is 518 g/mol. The molecule has 0 heterocycles. The number of nitrogens with two attached hydrogens (primary N) is 1. The molecule has 14 nitrogen and oxygen atoms in total. The highest BCUT2D eigenvalue weighted by molar-refractivity contribution is 5.90. The fourth-order valence-electron chi connectivity index (χ4n) is 3.16. The predicted molar refractivity (Wildman–Crippen MR) is 128 cm³/mol. The second-order valence-electron chi connectivity index (χ2n) is 8.60. The highest BCUT2D eigenvalue weighted by Crippen LogP contribution is 2.06. The van der Waals surface area contributed by atoms with Crippen LogP contribution >= 0.6 is 0 Å². The van der Waals surface area contributed by atoms with Crippen molar-refractivity contribution in [1.82, 2.24) is 21.3 Å². The molecule has 36 heavy (non-hydrogen) atoms. The number of carbonyl (C=O) groups is 6. The summed E-state index contributed by atoms with van der Waals surface area (Å²) in [6.07, 6.45) is 3.58. The van der Waals surface area contributed by atoms with Crippen molar-refractivity contribution in [3.8, 4) is 0 Å². The van der Waals surface area contributed by atoms with Crippen molar-refractivity contribution in [2.24, 2.45) is 5.73 Å². The minimum Gasteiger partial charge on any atom is -0.480 e. The monoisotopic (exact) mass is 517 g/mol. The number of nitrogens with one attached hydrogen (secondary N) is 4. The molecule has 0 bridgehead atoms.